The highest BCUT2D eigenvalue weighted by atomic mass is 16.5. The Hall–Kier alpha value is -1.69. The highest BCUT2D eigenvalue weighted by Gasteiger charge is 2.22. The summed E-state index contributed by atoms with van der Waals surface area (Å²) >= 11 is 0. The van der Waals surface area contributed by atoms with Crippen LogP contribution in [0.3, 0.4) is 0 Å². The maximum Gasteiger partial charge on any atom is 0.323 e. The standard InChI is InChI=1S/C15H23N3O3/c1-10(2)7-18(8-15(19)20)14-6-13(16-11(3)17-14)12-4-5-21-9-12/h6,10,12H,4-5,7-9H2,1-3H3,(H,19,20)/t12-/m0/s1. The molecule has 0 unspecified atom stereocenters. The van der Waals surface area contributed by atoms with E-state index in [1.54, 1.807) is 4.90 Å². The fourth-order valence-corrected chi connectivity index (χ4v) is 2.56. The predicted molar refractivity (Wildman–Crippen MR) is 79.6 cm³/mol. The number of aliphatic carboxylic acids is 1. The van der Waals surface area contributed by atoms with E-state index in [4.69, 9.17) is 9.84 Å². The molecule has 0 saturated carbocycles. The van der Waals surface area contributed by atoms with Gasteiger partial charge in [-0.3, -0.25) is 4.79 Å². The average molecular weight is 293 g/mol. The van der Waals surface area contributed by atoms with Crippen LogP contribution in [0.4, 0.5) is 5.82 Å². The van der Waals surface area contributed by atoms with E-state index in [2.05, 4.69) is 23.8 Å². The van der Waals surface area contributed by atoms with Crippen LogP contribution in [0, 0.1) is 12.8 Å². The van der Waals surface area contributed by atoms with Gasteiger partial charge in [-0.05, 0) is 19.3 Å². The predicted octanol–water partition coefficient (Wildman–Crippen LogP) is 1.84. The zero-order valence-electron chi connectivity index (χ0n) is 12.9. The van der Waals surface area contributed by atoms with Crippen LogP contribution < -0.4 is 4.90 Å². The van der Waals surface area contributed by atoms with Crippen LogP contribution in [0.25, 0.3) is 0 Å². The van der Waals surface area contributed by atoms with Crippen LogP contribution in [0.15, 0.2) is 6.07 Å². The number of hydrogen-bond donors (Lipinski definition) is 1. The number of carboxylic acid groups (broad SMARTS) is 1. The molecule has 0 aromatic carbocycles. The Kier molecular flexibility index (Phi) is 5.12. The number of aromatic nitrogens is 2. The number of nitrogens with zero attached hydrogens (tertiary/aromatic N) is 3. The Labute approximate surface area is 125 Å². The van der Waals surface area contributed by atoms with E-state index in [1.807, 2.05) is 13.0 Å². The van der Waals surface area contributed by atoms with E-state index < -0.39 is 5.97 Å². The molecule has 2 rings (SSSR count). The van der Waals surface area contributed by atoms with Crippen molar-refractivity contribution in [3.05, 3.63) is 17.6 Å². The third-order valence-corrected chi connectivity index (χ3v) is 3.43. The second kappa shape index (κ2) is 6.85. The Morgan fingerprint density at radius 2 is 2.29 bits per heavy atom. The second-order valence-corrected chi connectivity index (χ2v) is 5.93. The van der Waals surface area contributed by atoms with Crippen molar-refractivity contribution in [2.45, 2.75) is 33.1 Å². The molecule has 1 aromatic heterocycles. The lowest BCUT2D eigenvalue weighted by molar-refractivity contribution is -0.135. The van der Waals surface area contributed by atoms with Gasteiger partial charge in [0.1, 0.15) is 18.2 Å². The van der Waals surface area contributed by atoms with Gasteiger partial charge in [0.25, 0.3) is 0 Å². The van der Waals surface area contributed by atoms with Crippen molar-refractivity contribution < 1.29 is 14.6 Å². The summed E-state index contributed by atoms with van der Waals surface area (Å²) in [6, 6.07) is 1.91. The minimum Gasteiger partial charge on any atom is -0.480 e. The summed E-state index contributed by atoms with van der Waals surface area (Å²) < 4.78 is 5.41. The number of rotatable bonds is 6. The van der Waals surface area contributed by atoms with E-state index >= 15 is 0 Å². The largest absolute Gasteiger partial charge is 0.480 e. The van der Waals surface area contributed by atoms with Crippen molar-refractivity contribution in [3.8, 4) is 0 Å². The Morgan fingerprint density at radius 1 is 1.52 bits per heavy atom. The van der Waals surface area contributed by atoms with Gasteiger partial charge in [-0.2, -0.15) is 0 Å². The van der Waals surface area contributed by atoms with Gasteiger partial charge in [-0.15, -0.1) is 0 Å². The molecule has 2 heterocycles. The summed E-state index contributed by atoms with van der Waals surface area (Å²) in [6.07, 6.45) is 0.957. The first-order valence-corrected chi connectivity index (χ1v) is 7.35. The normalized spacial score (nSPS) is 18.2. The molecular formula is C15H23N3O3. The number of carboxylic acids is 1. The van der Waals surface area contributed by atoms with Crippen LogP contribution in [-0.4, -0.2) is 47.3 Å². The molecule has 1 saturated heterocycles. The molecule has 21 heavy (non-hydrogen) atoms. The first-order valence-electron chi connectivity index (χ1n) is 7.35. The molecule has 0 aliphatic carbocycles. The molecule has 0 spiro atoms. The molecular weight excluding hydrogens is 270 g/mol. The van der Waals surface area contributed by atoms with Crippen molar-refractivity contribution in [3.63, 3.8) is 0 Å². The number of carbonyl (C=O) groups is 1. The van der Waals surface area contributed by atoms with E-state index in [1.165, 1.54) is 0 Å². The summed E-state index contributed by atoms with van der Waals surface area (Å²) in [4.78, 5) is 21.8. The van der Waals surface area contributed by atoms with E-state index in [0.717, 1.165) is 18.7 Å². The fraction of sp³-hybridized carbons (Fsp3) is 0.667. The van der Waals surface area contributed by atoms with Crippen LogP contribution in [-0.2, 0) is 9.53 Å². The van der Waals surface area contributed by atoms with Crippen molar-refractivity contribution in [2.75, 3.05) is 31.2 Å². The van der Waals surface area contributed by atoms with Crippen molar-refractivity contribution in [2.24, 2.45) is 5.92 Å². The molecule has 1 atom stereocenters. The lowest BCUT2D eigenvalue weighted by Crippen LogP contribution is -2.34. The van der Waals surface area contributed by atoms with Gasteiger partial charge in [0.2, 0.25) is 0 Å². The van der Waals surface area contributed by atoms with E-state index in [-0.39, 0.29) is 12.5 Å². The van der Waals surface area contributed by atoms with Gasteiger partial charge < -0.3 is 14.7 Å². The molecule has 0 bridgehead atoms. The number of aryl methyl sites for hydroxylation is 1. The molecule has 1 N–H and O–H groups in total. The number of ether oxygens (including phenoxy) is 1. The van der Waals surface area contributed by atoms with Crippen molar-refractivity contribution >= 4 is 11.8 Å². The van der Waals surface area contributed by atoms with Gasteiger partial charge in [-0.1, -0.05) is 13.8 Å². The minimum atomic E-state index is -0.849. The minimum absolute atomic E-state index is 0.0464. The Morgan fingerprint density at radius 3 is 2.86 bits per heavy atom. The maximum absolute atomic E-state index is 11.1. The van der Waals surface area contributed by atoms with Gasteiger partial charge in [0, 0.05) is 25.1 Å². The molecule has 116 valence electrons. The molecule has 6 heteroatoms. The van der Waals surface area contributed by atoms with Gasteiger partial charge in [0.05, 0.1) is 12.3 Å². The molecule has 1 aromatic rings. The molecule has 0 amide bonds. The lowest BCUT2D eigenvalue weighted by Gasteiger charge is -2.24. The number of hydrogen-bond acceptors (Lipinski definition) is 5. The average Bonchev–Trinajstić information content (AvgIpc) is 2.90. The van der Waals surface area contributed by atoms with E-state index in [0.29, 0.717) is 30.7 Å². The van der Waals surface area contributed by atoms with Crippen molar-refractivity contribution in [1.82, 2.24) is 9.97 Å². The van der Waals surface area contributed by atoms with Gasteiger partial charge in [-0.25, -0.2) is 9.97 Å². The molecule has 1 aliphatic rings. The fourth-order valence-electron chi connectivity index (χ4n) is 2.56. The first-order chi connectivity index (χ1) is 9.95. The Balaban J connectivity index is 2.27. The summed E-state index contributed by atoms with van der Waals surface area (Å²) in [5.41, 5.74) is 0.953. The van der Waals surface area contributed by atoms with Crippen LogP contribution in [0.5, 0.6) is 0 Å². The lowest BCUT2D eigenvalue weighted by atomic mass is 10.0. The third kappa shape index (κ3) is 4.39. The summed E-state index contributed by atoms with van der Waals surface area (Å²) in [7, 11) is 0. The SMILES string of the molecule is Cc1nc([C@H]2CCOC2)cc(N(CC(=O)O)CC(C)C)n1. The van der Waals surface area contributed by atoms with Crippen molar-refractivity contribution in [1.29, 1.82) is 0 Å². The zero-order chi connectivity index (χ0) is 15.4. The zero-order valence-corrected chi connectivity index (χ0v) is 12.9. The molecule has 1 fully saturated rings. The summed E-state index contributed by atoms with van der Waals surface area (Å²) in [5.74, 6) is 1.17. The smallest absolute Gasteiger partial charge is 0.323 e. The first kappa shape index (κ1) is 15.7. The number of anilines is 1. The summed E-state index contributed by atoms with van der Waals surface area (Å²) in [5, 5.41) is 9.10. The topological polar surface area (TPSA) is 75.5 Å². The summed E-state index contributed by atoms with van der Waals surface area (Å²) in [6.45, 7) is 8.02. The van der Waals surface area contributed by atoms with Crippen LogP contribution in [0.2, 0.25) is 0 Å². The monoisotopic (exact) mass is 293 g/mol. The third-order valence-electron chi connectivity index (χ3n) is 3.43. The molecule has 1 aliphatic heterocycles. The maximum atomic E-state index is 11.1. The highest BCUT2D eigenvalue weighted by molar-refractivity contribution is 5.73. The van der Waals surface area contributed by atoms with Gasteiger partial charge >= 0.3 is 5.97 Å². The van der Waals surface area contributed by atoms with Gasteiger partial charge in [0.15, 0.2) is 0 Å². The quantitative estimate of drug-likeness (QED) is 0.862. The Bertz CT molecular complexity index is 499. The van der Waals surface area contributed by atoms with Crippen LogP contribution in [0.1, 0.15) is 37.7 Å². The second-order valence-electron chi connectivity index (χ2n) is 5.93. The molecule has 6 nitrogen and oxygen atoms in total. The molecule has 0 radical (unpaired) electrons. The van der Waals surface area contributed by atoms with E-state index in [9.17, 15) is 4.79 Å². The van der Waals surface area contributed by atoms with Crippen LogP contribution >= 0.6 is 0 Å². The highest BCUT2D eigenvalue weighted by Crippen LogP contribution is 2.26.